The highest BCUT2D eigenvalue weighted by molar-refractivity contribution is 5.95. The summed E-state index contributed by atoms with van der Waals surface area (Å²) in [5.74, 6) is 1.31. The van der Waals surface area contributed by atoms with E-state index < -0.39 is 0 Å². The first-order valence-corrected chi connectivity index (χ1v) is 10.6. The molecule has 0 atom stereocenters. The maximum absolute atomic E-state index is 12.6. The average molecular weight is 407 g/mol. The minimum Gasteiger partial charge on any atom is -0.464 e. The van der Waals surface area contributed by atoms with Crippen molar-refractivity contribution < 1.29 is 9.21 Å². The molecule has 0 spiro atoms. The van der Waals surface area contributed by atoms with Gasteiger partial charge in [0.1, 0.15) is 11.4 Å². The molecular formula is C24H30N4O2. The molecule has 1 aliphatic heterocycles. The van der Waals surface area contributed by atoms with Crippen LogP contribution in [0.1, 0.15) is 36.5 Å². The van der Waals surface area contributed by atoms with Crippen LogP contribution in [0, 0.1) is 6.92 Å². The van der Waals surface area contributed by atoms with Gasteiger partial charge in [-0.1, -0.05) is 13.8 Å². The molecule has 0 radical (unpaired) electrons. The molecular weight excluding hydrogens is 376 g/mol. The Morgan fingerprint density at radius 1 is 1.20 bits per heavy atom. The molecule has 2 aromatic heterocycles. The Morgan fingerprint density at radius 2 is 1.97 bits per heavy atom. The summed E-state index contributed by atoms with van der Waals surface area (Å²) >= 11 is 0. The van der Waals surface area contributed by atoms with Crippen molar-refractivity contribution in [1.29, 1.82) is 0 Å². The van der Waals surface area contributed by atoms with Gasteiger partial charge in [-0.2, -0.15) is 0 Å². The molecule has 0 bridgehead atoms. The fourth-order valence-corrected chi connectivity index (χ4v) is 4.06. The van der Waals surface area contributed by atoms with Crippen LogP contribution in [0.25, 0.3) is 11.0 Å². The van der Waals surface area contributed by atoms with Crippen LogP contribution in [0.4, 0.5) is 11.5 Å². The maximum atomic E-state index is 12.6. The highest BCUT2D eigenvalue weighted by atomic mass is 16.3. The van der Waals surface area contributed by atoms with E-state index in [0.717, 1.165) is 48.5 Å². The predicted molar refractivity (Wildman–Crippen MR) is 121 cm³/mol. The maximum Gasteiger partial charge on any atom is 0.228 e. The van der Waals surface area contributed by atoms with E-state index in [-0.39, 0.29) is 12.3 Å². The van der Waals surface area contributed by atoms with Gasteiger partial charge in [-0.3, -0.25) is 4.79 Å². The second-order valence-corrected chi connectivity index (χ2v) is 8.54. The first-order chi connectivity index (χ1) is 14.4. The van der Waals surface area contributed by atoms with Gasteiger partial charge in [0.25, 0.3) is 0 Å². The van der Waals surface area contributed by atoms with Gasteiger partial charge in [0.05, 0.1) is 24.6 Å². The minimum atomic E-state index is -0.0708. The molecule has 158 valence electrons. The molecule has 1 amide bonds. The zero-order valence-corrected chi connectivity index (χ0v) is 18.2. The summed E-state index contributed by atoms with van der Waals surface area (Å²) in [6.07, 6.45) is 3.70. The first kappa shape index (κ1) is 20.4. The highest BCUT2D eigenvalue weighted by Gasteiger charge is 2.16. The van der Waals surface area contributed by atoms with Crippen molar-refractivity contribution in [1.82, 2.24) is 9.88 Å². The molecule has 6 nitrogen and oxygen atoms in total. The lowest BCUT2D eigenvalue weighted by molar-refractivity contribution is -0.115. The Bertz CT molecular complexity index is 1030. The van der Waals surface area contributed by atoms with Crippen LogP contribution in [-0.2, 0) is 11.2 Å². The largest absolute Gasteiger partial charge is 0.464 e. The number of carbonyl (C=O) groups excluding carboxylic acids is 1. The quantitative estimate of drug-likeness (QED) is 0.688. The summed E-state index contributed by atoms with van der Waals surface area (Å²) < 4.78 is 5.70. The normalized spacial score (nSPS) is 15.2. The van der Waals surface area contributed by atoms with Gasteiger partial charge in [0.15, 0.2) is 0 Å². The Hall–Kier alpha value is -2.86. The number of furan rings is 1. The average Bonchev–Trinajstić information content (AvgIpc) is 3.09. The molecule has 1 saturated heterocycles. The fraction of sp³-hybridized carbons (Fsp3) is 0.417. The molecule has 4 rings (SSSR count). The van der Waals surface area contributed by atoms with E-state index in [1.165, 1.54) is 11.1 Å². The number of carbonyl (C=O) groups is 1. The standard InChI is InChI=1S/C24H30N4O2/c1-16(2)20-13-21-18(15-30-22(21)11-17(20)3)12-24(29)26-19-5-6-23(25-14-19)28-9-7-27(4)8-10-28/h5-6,11,13-16H,7-10,12H2,1-4H3,(H,26,29). The van der Waals surface area contributed by atoms with Crippen LogP contribution in [0.2, 0.25) is 0 Å². The van der Waals surface area contributed by atoms with Crippen LogP contribution in [0.3, 0.4) is 0 Å². The summed E-state index contributed by atoms with van der Waals surface area (Å²) in [7, 11) is 2.14. The zero-order valence-electron chi connectivity index (χ0n) is 18.2. The number of pyridine rings is 1. The number of hydrogen-bond acceptors (Lipinski definition) is 5. The number of hydrogen-bond donors (Lipinski definition) is 1. The number of benzene rings is 1. The Labute approximate surface area is 177 Å². The number of fused-ring (bicyclic) bond motifs is 1. The molecule has 0 unspecified atom stereocenters. The highest BCUT2D eigenvalue weighted by Crippen LogP contribution is 2.29. The van der Waals surface area contributed by atoms with Gasteiger partial charge in [0.2, 0.25) is 5.91 Å². The molecule has 0 saturated carbocycles. The van der Waals surface area contributed by atoms with E-state index in [0.29, 0.717) is 11.6 Å². The number of amides is 1. The number of rotatable bonds is 5. The zero-order chi connectivity index (χ0) is 21.3. The van der Waals surface area contributed by atoms with Crippen LogP contribution in [-0.4, -0.2) is 49.0 Å². The summed E-state index contributed by atoms with van der Waals surface area (Å²) in [5.41, 5.74) is 4.96. The Kier molecular flexibility index (Phi) is 5.77. The monoisotopic (exact) mass is 406 g/mol. The molecule has 6 heteroatoms. The SMILES string of the molecule is Cc1cc2occ(CC(=O)Nc3ccc(N4CCN(C)CC4)nc3)c2cc1C(C)C. The number of aryl methyl sites for hydroxylation is 1. The smallest absolute Gasteiger partial charge is 0.228 e. The molecule has 3 aromatic rings. The van der Waals surface area contributed by atoms with Crippen molar-refractivity contribution in [3.05, 3.63) is 53.4 Å². The van der Waals surface area contributed by atoms with Crippen molar-refractivity contribution in [2.45, 2.75) is 33.1 Å². The molecule has 0 aliphatic carbocycles. The first-order valence-electron chi connectivity index (χ1n) is 10.6. The summed E-state index contributed by atoms with van der Waals surface area (Å²) in [6, 6.07) is 8.12. The van der Waals surface area contributed by atoms with E-state index in [4.69, 9.17) is 4.42 Å². The number of nitrogens with zero attached hydrogens (tertiary/aromatic N) is 3. The molecule has 1 fully saturated rings. The topological polar surface area (TPSA) is 61.6 Å². The lowest BCUT2D eigenvalue weighted by atomic mass is 9.95. The van der Waals surface area contributed by atoms with E-state index in [9.17, 15) is 4.79 Å². The fourth-order valence-electron chi connectivity index (χ4n) is 4.06. The lowest BCUT2D eigenvalue weighted by Gasteiger charge is -2.33. The molecule has 1 N–H and O–H groups in total. The minimum absolute atomic E-state index is 0.0708. The van der Waals surface area contributed by atoms with Crippen LogP contribution in [0.15, 0.2) is 41.1 Å². The number of likely N-dealkylation sites (N-methyl/N-ethyl adjacent to an activating group) is 1. The molecule has 1 aliphatic rings. The summed E-state index contributed by atoms with van der Waals surface area (Å²) in [5, 5.41) is 3.98. The van der Waals surface area contributed by atoms with E-state index in [1.807, 2.05) is 12.1 Å². The van der Waals surface area contributed by atoms with Crippen LogP contribution in [0.5, 0.6) is 0 Å². The van der Waals surface area contributed by atoms with Gasteiger partial charge < -0.3 is 19.5 Å². The van der Waals surface area contributed by atoms with Crippen molar-refractivity contribution in [2.24, 2.45) is 0 Å². The van der Waals surface area contributed by atoms with Crippen molar-refractivity contribution in [2.75, 3.05) is 43.4 Å². The second kappa shape index (κ2) is 8.48. The van der Waals surface area contributed by atoms with Crippen molar-refractivity contribution >= 4 is 28.4 Å². The van der Waals surface area contributed by atoms with Gasteiger partial charge in [-0.25, -0.2) is 4.98 Å². The number of piperazine rings is 1. The second-order valence-electron chi connectivity index (χ2n) is 8.54. The van der Waals surface area contributed by atoms with E-state index >= 15 is 0 Å². The Balaban J connectivity index is 1.43. The number of aromatic nitrogens is 1. The van der Waals surface area contributed by atoms with Crippen molar-refractivity contribution in [3.8, 4) is 0 Å². The van der Waals surface area contributed by atoms with Crippen LogP contribution >= 0.6 is 0 Å². The van der Waals surface area contributed by atoms with Gasteiger partial charge in [-0.15, -0.1) is 0 Å². The summed E-state index contributed by atoms with van der Waals surface area (Å²) in [6.45, 7) is 10.5. The molecule has 1 aromatic carbocycles. The van der Waals surface area contributed by atoms with Crippen LogP contribution < -0.4 is 10.2 Å². The van der Waals surface area contributed by atoms with Gasteiger partial charge >= 0.3 is 0 Å². The Morgan fingerprint density at radius 3 is 2.63 bits per heavy atom. The molecule has 3 heterocycles. The number of nitrogens with one attached hydrogen (secondary N) is 1. The van der Waals surface area contributed by atoms with E-state index in [1.54, 1.807) is 12.5 Å². The third-order valence-electron chi connectivity index (χ3n) is 5.87. The van der Waals surface area contributed by atoms with Gasteiger partial charge in [0, 0.05) is 37.1 Å². The third kappa shape index (κ3) is 4.33. The summed E-state index contributed by atoms with van der Waals surface area (Å²) in [4.78, 5) is 21.8. The van der Waals surface area contributed by atoms with Gasteiger partial charge in [-0.05, 0) is 55.3 Å². The number of anilines is 2. The predicted octanol–water partition coefficient (Wildman–Crippen LogP) is 4.19. The lowest BCUT2D eigenvalue weighted by Crippen LogP contribution is -2.44. The van der Waals surface area contributed by atoms with Crippen molar-refractivity contribution in [3.63, 3.8) is 0 Å². The van der Waals surface area contributed by atoms with E-state index in [2.05, 4.69) is 60.1 Å². The molecule has 30 heavy (non-hydrogen) atoms. The third-order valence-corrected chi connectivity index (χ3v) is 5.87.